The molecule has 1 saturated carbocycles. The number of ether oxygens (including phenoxy) is 1. The minimum absolute atomic E-state index is 0.514. The maximum Gasteiger partial charge on any atom is 0.0547 e. The lowest BCUT2D eigenvalue weighted by molar-refractivity contribution is -0.0259. The van der Waals surface area contributed by atoms with Crippen molar-refractivity contribution in [1.29, 1.82) is 0 Å². The summed E-state index contributed by atoms with van der Waals surface area (Å²) in [6.07, 6.45) is 11.0. The fraction of sp³-hybridized carbons (Fsp3) is 0.846. The Balaban J connectivity index is 1.64. The fourth-order valence-electron chi connectivity index (χ4n) is 3.61. The Hall–Kier alpha value is -0.300. The predicted octanol–water partition coefficient (Wildman–Crippen LogP) is 3.01. The van der Waals surface area contributed by atoms with Crippen LogP contribution in [0.25, 0.3) is 0 Å². The Labute approximate surface area is 86.5 Å². The van der Waals surface area contributed by atoms with Gasteiger partial charge in [-0.2, -0.15) is 0 Å². The number of hydrogen-bond donors (Lipinski definition) is 0. The zero-order chi connectivity index (χ0) is 9.54. The van der Waals surface area contributed by atoms with Gasteiger partial charge in [0.1, 0.15) is 0 Å². The third-order valence-corrected chi connectivity index (χ3v) is 4.47. The van der Waals surface area contributed by atoms with Crippen LogP contribution < -0.4 is 0 Å². The van der Waals surface area contributed by atoms with Gasteiger partial charge in [0.05, 0.1) is 12.7 Å². The molecule has 1 aliphatic heterocycles. The van der Waals surface area contributed by atoms with E-state index in [1.54, 1.807) is 0 Å². The molecule has 0 amide bonds. The van der Waals surface area contributed by atoms with Crippen molar-refractivity contribution in [1.82, 2.24) is 0 Å². The molecule has 0 spiro atoms. The van der Waals surface area contributed by atoms with Crippen molar-refractivity contribution < 1.29 is 4.74 Å². The Morgan fingerprint density at radius 3 is 2.64 bits per heavy atom. The molecule has 1 heterocycles. The summed E-state index contributed by atoms with van der Waals surface area (Å²) in [5.41, 5.74) is 0. The molecule has 2 fully saturated rings. The minimum Gasteiger partial charge on any atom is -0.378 e. The number of allylic oxidation sites excluding steroid dienone is 2. The van der Waals surface area contributed by atoms with Crippen LogP contribution in [0.4, 0.5) is 0 Å². The average molecular weight is 192 g/mol. The zero-order valence-corrected chi connectivity index (χ0v) is 8.99. The molecule has 3 rings (SSSR count). The lowest BCUT2D eigenvalue weighted by Crippen LogP contribution is -2.30. The molecule has 3 aliphatic rings. The molecule has 1 nitrogen and oxygen atoms in total. The van der Waals surface area contributed by atoms with Gasteiger partial charge >= 0.3 is 0 Å². The molecular formula is C13H20O. The number of rotatable bonds is 1. The second kappa shape index (κ2) is 3.37. The van der Waals surface area contributed by atoms with E-state index in [0.29, 0.717) is 6.10 Å². The maximum absolute atomic E-state index is 5.79. The molecule has 78 valence electrons. The van der Waals surface area contributed by atoms with Crippen molar-refractivity contribution in [3.63, 3.8) is 0 Å². The van der Waals surface area contributed by atoms with Gasteiger partial charge in [-0.25, -0.2) is 0 Å². The molecule has 0 aromatic rings. The molecule has 0 aromatic carbocycles. The second-order valence-corrected chi connectivity index (χ2v) is 5.43. The molecule has 5 unspecified atom stereocenters. The summed E-state index contributed by atoms with van der Waals surface area (Å²) in [6.45, 7) is 3.24. The number of hydrogen-bond acceptors (Lipinski definition) is 1. The Bertz CT molecular complexity index is 238. The molecule has 2 bridgehead atoms. The van der Waals surface area contributed by atoms with Gasteiger partial charge in [0.2, 0.25) is 0 Å². The van der Waals surface area contributed by atoms with E-state index in [0.717, 1.165) is 30.3 Å². The van der Waals surface area contributed by atoms with Crippen molar-refractivity contribution in [3.05, 3.63) is 12.2 Å². The summed E-state index contributed by atoms with van der Waals surface area (Å²) in [4.78, 5) is 0. The zero-order valence-electron chi connectivity index (χ0n) is 8.99. The first kappa shape index (κ1) is 8.96. The molecule has 1 heteroatoms. The highest BCUT2D eigenvalue weighted by Crippen LogP contribution is 2.48. The van der Waals surface area contributed by atoms with Gasteiger partial charge < -0.3 is 4.74 Å². The summed E-state index contributed by atoms with van der Waals surface area (Å²) in [5.74, 6) is 3.65. The summed E-state index contributed by atoms with van der Waals surface area (Å²) in [6, 6.07) is 0. The van der Waals surface area contributed by atoms with Crippen LogP contribution in [0.15, 0.2) is 12.2 Å². The fourth-order valence-corrected chi connectivity index (χ4v) is 3.61. The number of fused-ring (bicyclic) bond motifs is 2. The molecule has 0 aromatic heterocycles. The second-order valence-electron chi connectivity index (χ2n) is 5.43. The minimum atomic E-state index is 0.514. The Morgan fingerprint density at radius 2 is 2.07 bits per heavy atom. The lowest BCUT2D eigenvalue weighted by Gasteiger charge is -2.33. The third kappa shape index (κ3) is 1.42. The third-order valence-electron chi connectivity index (χ3n) is 4.47. The van der Waals surface area contributed by atoms with E-state index in [1.807, 2.05) is 0 Å². The van der Waals surface area contributed by atoms with E-state index in [1.165, 1.54) is 25.7 Å². The van der Waals surface area contributed by atoms with E-state index in [2.05, 4.69) is 19.1 Å². The molecule has 5 atom stereocenters. The van der Waals surface area contributed by atoms with Crippen LogP contribution in [0.5, 0.6) is 0 Å². The molecule has 2 aliphatic carbocycles. The summed E-state index contributed by atoms with van der Waals surface area (Å²) >= 11 is 0. The van der Waals surface area contributed by atoms with Crippen LogP contribution in [0.1, 0.15) is 32.6 Å². The first-order chi connectivity index (χ1) is 6.83. The van der Waals surface area contributed by atoms with Crippen LogP contribution >= 0.6 is 0 Å². The Kier molecular flexibility index (Phi) is 2.16. The van der Waals surface area contributed by atoms with Crippen LogP contribution in [0, 0.1) is 23.7 Å². The molecule has 0 radical (unpaired) electrons. The van der Waals surface area contributed by atoms with Gasteiger partial charge in [0.25, 0.3) is 0 Å². The van der Waals surface area contributed by atoms with Gasteiger partial charge in [0.15, 0.2) is 0 Å². The van der Waals surface area contributed by atoms with Gasteiger partial charge in [-0.05, 0) is 56.3 Å². The van der Waals surface area contributed by atoms with E-state index >= 15 is 0 Å². The SMILES string of the molecule is CC1CCC(C2CC3C=CC2C3)CO1. The van der Waals surface area contributed by atoms with Crippen molar-refractivity contribution in [2.45, 2.75) is 38.7 Å². The summed E-state index contributed by atoms with van der Waals surface area (Å²) in [5, 5.41) is 0. The van der Waals surface area contributed by atoms with Crippen LogP contribution in [0.2, 0.25) is 0 Å². The highest BCUT2D eigenvalue weighted by molar-refractivity contribution is 5.11. The van der Waals surface area contributed by atoms with Crippen molar-refractivity contribution in [2.24, 2.45) is 23.7 Å². The molecule has 1 saturated heterocycles. The topological polar surface area (TPSA) is 9.23 Å². The van der Waals surface area contributed by atoms with Crippen LogP contribution in [-0.4, -0.2) is 12.7 Å². The lowest BCUT2D eigenvalue weighted by atomic mass is 9.79. The van der Waals surface area contributed by atoms with E-state index in [9.17, 15) is 0 Å². The highest BCUT2D eigenvalue weighted by atomic mass is 16.5. The van der Waals surface area contributed by atoms with E-state index in [-0.39, 0.29) is 0 Å². The van der Waals surface area contributed by atoms with Gasteiger partial charge in [-0.1, -0.05) is 12.2 Å². The van der Waals surface area contributed by atoms with Crippen LogP contribution in [-0.2, 0) is 4.74 Å². The average Bonchev–Trinajstić information content (AvgIpc) is 2.80. The smallest absolute Gasteiger partial charge is 0.0547 e. The van der Waals surface area contributed by atoms with E-state index < -0.39 is 0 Å². The quantitative estimate of drug-likeness (QED) is 0.580. The summed E-state index contributed by atoms with van der Waals surface area (Å²) in [7, 11) is 0. The van der Waals surface area contributed by atoms with Gasteiger partial charge in [-0.15, -0.1) is 0 Å². The Morgan fingerprint density at radius 1 is 1.14 bits per heavy atom. The summed E-state index contributed by atoms with van der Waals surface area (Å²) < 4.78 is 5.79. The predicted molar refractivity (Wildman–Crippen MR) is 57.0 cm³/mol. The largest absolute Gasteiger partial charge is 0.378 e. The van der Waals surface area contributed by atoms with Crippen molar-refractivity contribution >= 4 is 0 Å². The van der Waals surface area contributed by atoms with Gasteiger partial charge in [0, 0.05) is 0 Å². The van der Waals surface area contributed by atoms with Crippen molar-refractivity contribution in [3.8, 4) is 0 Å². The van der Waals surface area contributed by atoms with Gasteiger partial charge in [-0.3, -0.25) is 0 Å². The highest BCUT2D eigenvalue weighted by Gasteiger charge is 2.40. The standard InChI is InChI=1S/C13H20O/c1-9-2-4-12(8-14-9)13-7-10-3-5-11(13)6-10/h3,5,9-13H,2,4,6-8H2,1H3. The van der Waals surface area contributed by atoms with Crippen LogP contribution in [0.3, 0.4) is 0 Å². The molecule has 0 N–H and O–H groups in total. The first-order valence-corrected chi connectivity index (χ1v) is 6.13. The monoisotopic (exact) mass is 192 g/mol. The molecular weight excluding hydrogens is 172 g/mol. The maximum atomic E-state index is 5.79. The van der Waals surface area contributed by atoms with E-state index in [4.69, 9.17) is 4.74 Å². The normalized spacial score (nSPS) is 51.4. The first-order valence-electron chi connectivity index (χ1n) is 6.13. The molecule has 14 heavy (non-hydrogen) atoms. The van der Waals surface area contributed by atoms with Crippen molar-refractivity contribution in [2.75, 3.05) is 6.61 Å².